The van der Waals surface area contributed by atoms with Gasteiger partial charge in [0.25, 0.3) is 0 Å². The van der Waals surface area contributed by atoms with Crippen LogP contribution in [0.1, 0.15) is 26.3 Å². The van der Waals surface area contributed by atoms with Gasteiger partial charge in [-0.05, 0) is 46.4 Å². The molecule has 0 spiro atoms. The summed E-state index contributed by atoms with van der Waals surface area (Å²) < 4.78 is 10.9. The average Bonchev–Trinajstić information content (AvgIpc) is 3.28. The Bertz CT molecular complexity index is 1170. The lowest BCUT2D eigenvalue weighted by molar-refractivity contribution is 0.404. The third-order valence-corrected chi connectivity index (χ3v) is 5.54. The predicted octanol–water partition coefficient (Wildman–Crippen LogP) is 6.73. The highest BCUT2D eigenvalue weighted by Crippen LogP contribution is 2.34. The lowest BCUT2D eigenvalue weighted by Crippen LogP contribution is -2.10. The molecule has 0 radical (unpaired) electrons. The third-order valence-electron chi connectivity index (χ3n) is 5.54. The fourth-order valence-corrected chi connectivity index (χ4v) is 3.63. The van der Waals surface area contributed by atoms with Crippen molar-refractivity contribution in [2.45, 2.75) is 26.2 Å². The van der Waals surface area contributed by atoms with Gasteiger partial charge in [-0.25, -0.2) is 0 Å². The molecule has 4 heteroatoms. The molecule has 0 aliphatic carbocycles. The van der Waals surface area contributed by atoms with Gasteiger partial charge in [-0.2, -0.15) is 5.10 Å². The molecule has 0 aliphatic rings. The maximum Gasteiger partial charge on any atom is 0.128 e. The van der Waals surface area contributed by atoms with Crippen LogP contribution in [-0.4, -0.2) is 24.4 Å². The molecule has 0 atom stereocenters. The summed E-state index contributed by atoms with van der Waals surface area (Å²) in [6.45, 7) is 6.70. The van der Waals surface area contributed by atoms with E-state index in [9.17, 15) is 0 Å². The van der Waals surface area contributed by atoms with Gasteiger partial charge in [0.15, 0.2) is 0 Å². The molecule has 0 saturated heterocycles. The summed E-state index contributed by atoms with van der Waals surface area (Å²) in [5.41, 5.74) is 7.63. The first-order valence-electron chi connectivity index (χ1n) is 10.4. The first kappa shape index (κ1) is 20.7. The Morgan fingerprint density at radius 3 is 1.90 bits per heavy atom. The van der Waals surface area contributed by atoms with Gasteiger partial charge in [0.05, 0.1) is 25.6 Å². The SMILES string of the molecule is COc1ccc(OC)c(-c2cc(-c3ccc(-c4ccc(C(C)(C)C)cc4)cc3)n[nH]2)c1. The van der Waals surface area contributed by atoms with Crippen molar-refractivity contribution >= 4 is 0 Å². The standard InChI is InChI=1S/C27H28N2O2/c1-27(2,3)21-12-10-19(11-13-21)18-6-8-20(9-7-18)24-17-25(29-28-24)23-16-22(30-4)14-15-26(23)31-5/h6-17H,1-5H3,(H,28,29). The van der Waals surface area contributed by atoms with E-state index in [1.807, 2.05) is 24.3 Å². The molecule has 0 fully saturated rings. The number of ether oxygens (including phenoxy) is 2. The van der Waals surface area contributed by atoms with E-state index in [2.05, 4.69) is 79.5 Å². The molecule has 1 heterocycles. The summed E-state index contributed by atoms with van der Waals surface area (Å²) in [6.07, 6.45) is 0. The number of methoxy groups -OCH3 is 2. The number of aromatic nitrogens is 2. The van der Waals surface area contributed by atoms with E-state index in [4.69, 9.17) is 9.47 Å². The van der Waals surface area contributed by atoms with E-state index in [0.29, 0.717) is 0 Å². The van der Waals surface area contributed by atoms with E-state index >= 15 is 0 Å². The summed E-state index contributed by atoms with van der Waals surface area (Å²) in [4.78, 5) is 0. The summed E-state index contributed by atoms with van der Waals surface area (Å²) in [7, 11) is 3.32. The van der Waals surface area contributed by atoms with Crippen LogP contribution in [0.5, 0.6) is 11.5 Å². The Kier molecular flexibility index (Phi) is 5.55. The minimum absolute atomic E-state index is 0.158. The fourth-order valence-electron chi connectivity index (χ4n) is 3.63. The van der Waals surface area contributed by atoms with Gasteiger partial charge in [-0.3, -0.25) is 5.10 Å². The van der Waals surface area contributed by atoms with E-state index < -0.39 is 0 Å². The van der Waals surface area contributed by atoms with Gasteiger partial charge in [0, 0.05) is 11.1 Å². The molecule has 1 aromatic heterocycles. The summed E-state index contributed by atoms with van der Waals surface area (Å²) in [6, 6.07) is 25.1. The number of nitrogens with one attached hydrogen (secondary N) is 1. The Hall–Kier alpha value is -3.53. The lowest BCUT2D eigenvalue weighted by Gasteiger charge is -2.19. The first-order chi connectivity index (χ1) is 14.9. The number of hydrogen-bond donors (Lipinski definition) is 1. The molecule has 0 unspecified atom stereocenters. The van der Waals surface area contributed by atoms with E-state index in [1.54, 1.807) is 14.2 Å². The smallest absolute Gasteiger partial charge is 0.128 e. The topological polar surface area (TPSA) is 47.1 Å². The molecule has 158 valence electrons. The van der Waals surface area contributed by atoms with Crippen molar-refractivity contribution in [2.75, 3.05) is 14.2 Å². The molecule has 3 aromatic carbocycles. The highest BCUT2D eigenvalue weighted by Gasteiger charge is 2.14. The second-order valence-electron chi connectivity index (χ2n) is 8.64. The summed E-state index contributed by atoms with van der Waals surface area (Å²) >= 11 is 0. The highest BCUT2D eigenvalue weighted by molar-refractivity contribution is 5.75. The zero-order chi connectivity index (χ0) is 22.0. The monoisotopic (exact) mass is 412 g/mol. The van der Waals surface area contributed by atoms with Gasteiger partial charge in [-0.1, -0.05) is 69.3 Å². The van der Waals surface area contributed by atoms with Gasteiger partial charge in [0.1, 0.15) is 11.5 Å². The number of benzene rings is 3. The van der Waals surface area contributed by atoms with Gasteiger partial charge in [0.2, 0.25) is 0 Å². The molecule has 4 rings (SSSR count). The van der Waals surface area contributed by atoms with Crippen molar-refractivity contribution in [3.63, 3.8) is 0 Å². The maximum absolute atomic E-state index is 5.50. The number of aromatic amines is 1. The van der Waals surface area contributed by atoms with Crippen LogP contribution in [0.15, 0.2) is 72.8 Å². The Morgan fingerprint density at radius 1 is 0.710 bits per heavy atom. The van der Waals surface area contributed by atoms with Crippen LogP contribution < -0.4 is 9.47 Å². The largest absolute Gasteiger partial charge is 0.497 e. The molecular weight excluding hydrogens is 384 g/mol. The fraction of sp³-hybridized carbons (Fsp3) is 0.222. The van der Waals surface area contributed by atoms with Crippen LogP contribution in [-0.2, 0) is 5.41 Å². The normalized spacial score (nSPS) is 11.4. The van der Waals surface area contributed by atoms with Crippen molar-refractivity contribution in [2.24, 2.45) is 0 Å². The zero-order valence-electron chi connectivity index (χ0n) is 18.7. The van der Waals surface area contributed by atoms with Crippen molar-refractivity contribution < 1.29 is 9.47 Å². The minimum Gasteiger partial charge on any atom is -0.497 e. The van der Waals surface area contributed by atoms with Crippen LogP contribution in [0.2, 0.25) is 0 Å². The van der Waals surface area contributed by atoms with Gasteiger partial charge >= 0.3 is 0 Å². The van der Waals surface area contributed by atoms with Crippen LogP contribution >= 0.6 is 0 Å². The van der Waals surface area contributed by atoms with Crippen LogP contribution in [0.3, 0.4) is 0 Å². The second-order valence-corrected chi connectivity index (χ2v) is 8.64. The number of hydrogen-bond acceptors (Lipinski definition) is 3. The zero-order valence-corrected chi connectivity index (χ0v) is 18.7. The van der Waals surface area contributed by atoms with Crippen molar-refractivity contribution in [3.05, 3.63) is 78.4 Å². The Balaban J connectivity index is 1.59. The molecule has 31 heavy (non-hydrogen) atoms. The molecule has 4 nitrogen and oxygen atoms in total. The van der Waals surface area contributed by atoms with Crippen LogP contribution in [0, 0.1) is 0 Å². The second kappa shape index (κ2) is 8.31. The average molecular weight is 413 g/mol. The molecule has 0 saturated carbocycles. The van der Waals surface area contributed by atoms with Crippen molar-refractivity contribution in [3.8, 4) is 45.1 Å². The number of nitrogens with zero attached hydrogens (tertiary/aromatic N) is 1. The molecule has 1 N–H and O–H groups in total. The molecular formula is C27H28N2O2. The van der Waals surface area contributed by atoms with Crippen molar-refractivity contribution in [1.82, 2.24) is 10.2 Å². The Morgan fingerprint density at radius 2 is 1.32 bits per heavy atom. The van der Waals surface area contributed by atoms with Crippen molar-refractivity contribution in [1.29, 1.82) is 0 Å². The van der Waals surface area contributed by atoms with Gasteiger partial charge in [-0.15, -0.1) is 0 Å². The number of H-pyrrole nitrogens is 1. The van der Waals surface area contributed by atoms with E-state index in [0.717, 1.165) is 34.0 Å². The first-order valence-corrected chi connectivity index (χ1v) is 10.4. The van der Waals surface area contributed by atoms with E-state index in [1.165, 1.54) is 16.7 Å². The molecule has 0 amide bonds. The lowest BCUT2D eigenvalue weighted by atomic mass is 9.86. The minimum atomic E-state index is 0.158. The predicted molar refractivity (Wildman–Crippen MR) is 127 cm³/mol. The molecule has 0 bridgehead atoms. The van der Waals surface area contributed by atoms with E-state index in [-0.39, 0.29) is 5.41 Å². The Labute approximate surface area is 183 Å². The van der Waals surface area contributed by atoms with Crippen LogP contribution in [0.4, 0.5) is 0 Å². The molecule has 4 aromatic rings. The highest BCUT2D eigenvalue weighted by atomic mass is 16.5. The quantitative estimate of drug-likeness (QED) is 0.395. The molecule has 0 aliphatic heterocycles. The number of rotatable bonds is 5. The third kappa shape index (κ3) is 4.33. The summed E-state index contributed by atoms with van der Waals surface area (Å²) in [5, 5.41) is 7.64. The maximum atomic E-state index is 5.50. The summed E-state index contributed by atoms with van der Waals surface area (Å²) in [5.74, 6) is 1.54. The van der Waals surface area contributed by atoms with Crippen LogP contribution in [0.25, 0.3) is 33.6 Å². The van der Waals surface area contributed by atoms with Gasteiger partial charge < -0.3 is 9.47 Å².